The second kappa shape index (κ2) is 17.5. The molecule has 4 fully saturated rings. The van der Waals surface area contributed by atoms with Crippen LogP contribution in [0.1, 0.15) is 63.9 Å². The number of piperazine rings is 1. The third-order valence-corrected chi connectivity index (χ3v) is 15.2. The van der Waals surface area contributed by atoms with Crippen molar-refractivity contribution in [3.63, 3.8) is 0 Å². The van der Waals surface area contributed by atoms with Crippen molar-refractivity contribution in [3.8, 4) is 11.1 Å². The molecule has 3 N–H and O–H groups in total. The molecule has 0 saturated carbocycles. The summed E-state index contributed by atoms with van der Waals surface area (Å²) in [5, 5.41) is 2.70. The minimum Gasteiger partial charge on any atom is -0.371 e. The van der Waals surface area contributed by atoms with Crippen molar-refractivity contribution in [2.24, 2.45) is 5.92 Å². The molecule has 0 aliphatic carbocycles. The van der Waals surface area contributed by atoms with Gasteiger partial charge in [-0.3, -0.25) is 34.1 Å². The van der Waals surface area contributed by atoms with E-state index in [2.05, 4.69) is 48.2 Å². The number of carbonyl (C=O) groups excluding carboxylic acids is 4. The lowest BCUT2D eigenvalue weighted by Crippen LogP contribution is -2.52. The highest BCUT2D eigenvalue weighted by Gasteiger charge is 2.40. The number of nitrogens with zero attached hydrogens (tertiary/aromatic N) is 6. The number of piperidine rings is 2. The standard InChI is InChI=1S/C47H48F3N9O6S/c48-32-12-15-58(27-32)66(64,65)54-39-7-6-38(49)42(43(39)50)44(61)37-24-52-45-36(37)22-30(23-51-45)29-2-1-3-33(20-29)56-13-10-28(11-14-56)25-55-16-18-57(19-17-55)34-4-5-35-31(21-34)26-59(47(35)63)40-8-9-41(60)53-46(40)62/h1-7,20-24,28,32,40,54H,8-19,25-27H2,(H,51,52)(H,53,60,62)/t32-,40?/m1/s1. The van der Waals surface area contributed by atoms with Crippen LogP contribution in [-0.4, -0.2) is 127 Å². The fourth-order valence-electron chi connectivity index (χ4n) is 10.00. The summed E-state index contributed by atoms with van der Waals surface area (Å²) in [6.07, 6.45) is 4.26. The predicted octanol–water partition coefficient (Wildman–Crippen LogP) is 5.24. The number of anilines is 3. The van der Waals surface area contributed by atoms with Gasteiger partial charge < -0.3 is 19.7 Å². The maximum Gasteiger partial charge on any atom is 0.301 e. The zero-order valence-electron chi connectivity index (χ0n) is 35.9. The van der Waals surface area contributed by atoms with Crippen LogP contribution in [0.4, 0.5) is 30.2 Å². The number of imide groups is 1. The zero-order chi connectivity index (χ0) is 45.9. The fourth-order valence-corrected chi connectivity index (χ4v) is 11.3. The number of pyridine rings is 1. The van der Waals surface area contributed by atoms with Gasteiger partial charge in [-0.25, -0.2) is 18.2 Å². The highest BCUT2D eigenvalue weighted by Crippen LogP contribution is 2.34. The number of hydrogen-bond acceptors (Lipinski definition) is 10. The molecule has 5 aromatic rings. The number of H-pyrrole nitrogens is 1. The summed E-state index contributed by atoms with van der Waals surface area (Å²) in [7, 11) is -4.36. The number of alkyl halides is 1. The minimum absolute atomic E-state index is 0.00236. The summed E-state index contributed by atoms with van der Waals surface area (Å²) in [5.74, 6) is -3.89. The predicted molar refractivity (Wildman–Crippen MR) is 241 cm³/mol. The van der Waals surface area contributed by atoms with Gasteiger partial charge in [-0.1, -0.05) is 12.1 Å². The number of ketones is 1. The number of nitrogens with one attached hydrogen (secondary N) is 3. The van der Waals surface area contributed by atoms with Gasteiger partial charge in [0.15, 0.2) is 5.82 Å². The Bertz CT molecular complexity index is 2880. The highest BCUT2D eigenvalue weighted by molar-refractivity contribution is 7.90. The van der Waals surface area contributed by atoms with Gasteiger partial charge in [-0.15, -0.1) is 0 Å². The van der Waals surface area contributed by atoms with Gasteiger partial charge in [0.2, 0.25) is 17.6 Å². The second-order valence-electron chi connectivity index (χ2n) is 17.8. The van der Waals surface area contributed by atoms with Gasteiger partial charge in [0.1, 0.15) is 23.7 Å². The van der Waals surface area contributed by atoms with Gasteiger partial charge >= 0.3 is 10.2 Å². The largest absolute Gasteiger partial charge is 0.371 e. The van der Waals surface area contributed by atoms with E-state index in [1.165, 1.54) is 6.20 Å². The highest BCUT2D eigenvalue weighted by atomic mass is 32.2. The monoisotopic (exact) mass is 923 g/mol. The molecule has 2 atom stereocenters. The van der Waals surface area contributed by atoms with Crippen molar-refractivity contribution in [2.45, 2.75) is 50.9 Å². The molecule has 1 unspecified atom stereocenters. The molecule has 10 rings (SSSR count). The van der Waals surface area contributed by atoms with Crippen molar-refractivity contribution in [3.05, 3.63) is 107 Å². The van der Waals surface area contributed by atoms with Crippen LogP contribution in [0.5, 0.6) is 0 Å². The van der Waals surface area contributed by atoms with Gasteiger partial charge in [-0.05, 0) is 91.3 Å². The van der Waals surface area contributed by atoms with Crippen LogP contribution in [0.25, 0.3) is 22.2 Å². The summed E-state index contributed by atoms with van der Waals surface area (Å²) in [4.78, 5) is 67.4. The fraction of sp³-hybridized carbons (Fsp3) is 0.383. The van der Waals surface area contributed by atoms with Gasteiger partial charge in [0.05, 0.1) is 11.3 Å². The summed E-state index contributed by atoms with van der Waals surface area (Å²) < 4.78 is 73.3. The Labute approximate surface area is 379 Å². The summed E-state index contributed by atoms with van der Waals surface area (Å²) >= 11 is 0. The average molecular weight is 924 g/mol. The second-order valence-corrected chi connectivity index (χ2v) is 19.5. The van der Waals surface area contributed by atoms with Crippen molar-refractivity contribution >= 4 is 61.8 Å². The third-order valence-electron chi connectivity index (χ3n) is 13.7. The van der Waals surface area contributed by atoms with E-state index >= 15 is 8.78 Å². The number of benzene rings is 3. The SMILES string of the molecule is O=C1CCC(N2Cc3cc(N4CCN(CC5CCN(c6cccc(-c7cnc8[nH]cc(C(=O)c9c(F)ccc(NS(=O)(=O)N%10CC[C@@H](F)C%10)c9F)c8c7)c6)CC5)CC4)ccc3C2=O)C(=O)N1. The Kier molecular flexibility index (Phi) is 11.5. The molecule has 3 aromatic carbocycles. The number of aromatic nitrogens is 2. The Morgan fingerprint density at radius 3 is 2.38 bits per heavy atom. The molecule has 344 valence electrons. The first-order valence-electron chi connectivity index (χ1n) is 22.3. The first-order valence-corrected chi connectivity index (χ1v) is 23.8. The van der Waals surface area contributed by atoms with Crippen molar-refractivity contribution in [2.75, 3.05) is 73.4 Å². The van der Waals surface area contributed by atoms with E-state index in [1.54, 1.807) is 17.2 Å². The number of hydrogen-bond donors (Lipinski definition) is 3. The molecular formula is C47H48F3N9O6S. The molecule has 5 aliphatic rings. The first kappa shape index (κ1) is 43.6. The van der Waals surface area contributed by atoms with Crippen molar-refractivity contribution in [1.29, 1.82) is 0 Å². The Hall–Kier alpha value is -6.31. The smallest absolute Gasteiger partial charge is 0.301 e. The van der Waals surface area contributed by atoms with Crippen LogP contribution in [0.3, 0.4) is 0 Å². The molecule has 19 heteroatoms. The van der Waals surface area contributed by atoms with Gasteiger partial charge in [0, 0.05) is 118 Å². The van der Waals surface area contributed by atoms with Crippen LogP contribution in [0, 0.1) is 17.6 Å². The van der Waals surface area contributed by atoms with E-state index in [0.717, 1.165) is 97.6 Å². The number of rotatable bonds is 11. The lowest BCUT2D eigenvalue weighted by Gasteiger charge is -2.40. The van der Waals surface area contributed by atoms with Crippen molar-refractivity contribution in [1.82, 2.24) is 29.4 Å². The molecule has 15 nitrogen and oxygen atoms in total. The van der Waals surface area contributed by atoms with Crippen LogP contribution in [0.15, 0.2) is 73.1 Å². The number of halogens is 3. The average Bonchev–Trinajstić information content (AvgIpc) is 4.04. The Morgan fingerprint density at radius 2 is 1.62 bits per heavy atom. The molecule has 0 bridgehead atoms. The molecule has 0 spiro atoms. The zero-order valence-corrected chi connectivity index (χ0v) is 36.8. The number of fused-ring (bicyclic) bond motifs is 2. The number of amides is 3. The van der Waals surface area contributed by atoms with E-state index in [4.69, 9.17) is 0 Å². The number of aromatic amines is 1. The Balaban J connectivity index is 0.749. The number of carbonyl (C=O) groups is 4. The van der Waals surface area contributed by atoms with Gasteiger partial charge in [-0.2, -0.15) is 12.7 Å². The molecular weight excluding hydrogens is 876 g/mol. The molecule has 3 amide bonds. The normalized spacial score (nSPS) is 21.2. The third kappa shape index (κ3) is 8.39. The molecule has 66 heavy (non-hydrogen) atoms. The summed E-state index contributed by atoms with van der Waals surface area (Å²) in [6.45, 7) is 6.22. The maximum atomic E-state index is 15.8. The van der Waals surface area contributed by atoms with Crippen LogP contribution in [0.2, 0.25) is 0 Å². The van der Waals surface area contributed by atoms with Gasteiger partial charge in [0.25, 0.3) is 5.91 Å². The van der Waals surface area contributed by atoms with E-state index in [-0.39, 0.29) is 43.3 Å². The van der Waals surface area contributed by atoms with E-state index in [9.17, 15) is 32.0 Å². The Morgan fingerprint density at radius 1 is 0.848 bits per heavy atom. The molecule has 0 radical (unpaired) electrons. The van der Waals surface area contributed by atoms with Crippen LogP contribution in [-0.2, 0) is 26.3 Å². The van der Waals surface area contributed by atoms with E-state index < -0.39 is 57.0 Å². The summed E-state index contributed by atoms with van der Waals surface area (Å²) in [5.41, 5.74) is 3.88. The summed E-state index contributed by atoms with van der Waals surface area (Å²) in [6, 6.07) is 16.8. The first-order chi connectivity index (χ1) is 31.8. The van der Waals surface area contributed by atoms with E-state index in [0.29, 0.717) is 41.0 Å². The molecule has 5 aliphatic heterocycles. The van der Waals surface area contributed by atoms with E-state index in [1.807, 2.05) is 29.0 Å². The molecule has 7 heterocycles. The van der Waals surface area contributed by atoms with Crippen LogP contribution < -0.4 is 19.8 Å². The minimum atomic E-state index is -4.36. The lowest BCUT2D eigenvalue weighted by atomic mass is 9.95. The molecule has 4 saturated heterocycles. The van der Waals surface area contributed by atoms with Crippen LogP contribution >= 0.6 is 0 Å². The maximum absolute atomic E-state index is 15.8. The quantitative estimate of drug-likeness (QED) is 0.118. The molecule has 2 aromatic heterocycles. The van der Waals surface area contributed by atoms with Crippen molar-refractivity contribution < 1.29 is 40.8 Å². The topological polar surface area (TPSA) is 171 Å². The lowest BCUT2D eigenvalue weighted by molar-refractivity contribution is -0.136.